The zero-order chi connectivity index (χ0) is 18.8. The van der Waals surface area contributed by atoms with Crippen molar-refractivity contribution in [3.05, 3.63) is 34.2 Å². The highest BCUT2D eigenvalue weighted by atomic mass is 35.5. The minimum atomic E-state index is -0.740. The van der Waals surface area contributed by atoms with Gasteiger partial charge >= 0.3 is 6.03 Å². The largest absolute Gasteiger partial charge is 0.497 e. The van der Waals surface area contributed by atoms with Crippen LogP contribution in [-0.2, 0) is 6.54 Å². The van der Waals surface area contributed by atoms with Gasteiger partial charge < -0.3 is 9.47 Å². The summed E-state index contributed by atoms with van der Waals surface area (Å²) in [5.41, 5.74) is 0.984. The molecular weight excluding hydrogens is 386 g/mol. The Labute approximate surface area is 159 Å². The van der Waals surface area contributed by atoms with E-state index in [4.69, 9.17) is 32.7 Å². The highest BCUT2D eigenvalue weighted by Crippen LogP contribution is 2.41. The van der Waals surface area contributed by atoms with Crippen molar-refractivity contribution < 1.29 is 18.7 Å². The predicted molar refractivity (Wildman–Crippen MR) is 96.5 cm³/mol. The number of carbonyl (C=O) groups is 1. The van der Waals surface area contributed by atoms with Crippen molar-refractivity contribution in [3.63, 3.8) is 0 Å². The summed E-state index contributed by atoms with van der Waals surface area (Å²) in [6, 6.07) is 2.73. The second kappa shape index (κ2) is 7.51. The topological polar surface area (TPSA) is 67.8 Å². The van der Waals surface area contributed by atoms with E-state index in [1.165, 1.54) is 30.2 Å². The van der Waals surface area contributed by atoms with Gasteiger partial charge in [-0.05, 0) is 11.6 Å². The van der Waals surface area contributed by atoms with Gasteiger partial charge in [-0.25, -0.2) is 14.2 Å². The molecule has 2 heterocycles. The third-order valence-electron chi connectivity index (χ3n) is 3.91. The molecule has 138 valence electrons. The van der Waals surface area contributed by atoms with Gasteiger partial charge in [0.1, 0.15) is 29.0 Å². The Kier molecular flexibility index (Phi) is 5.33. The summed E-state index contributed by atoms with van der Waals surface area (Å²) in [5, 5.41) is 0.218. The number of fused-ring (bicyclic) bond motifs is 1. The summed E-state index contributed by atoms with van der Waals surface area (Å²) in [7, 11) is 2.95. The van der Waals surface area contributed by atoms with Crippen LogP contribution in [0.4, 0.5) is 20.7 Å². The first-order valence-electron chi connectivity index (χ1n) is 7.58. The molecular formula is C16H15Cl2FN4O3. The Hall–Kier alpha value is -2.32. The number of halogens is 3. The van der Waals surface area contributed by atoms with Crippen molar-refractivity contribution in [2.24, 2.45) is 0 Å². The quantitative estimate of drug-likeness (QED) is 0.715. The molecule has 1 aliphatic heterocycles. The molecule has 0 N–H and O–H groups in total. The SMILES string of the molecule is COc1cc(OC)c(Cl)c(N2Cc3cnc(Cl)nc3N(CCF)C2=O)c1. The molecule has 2 aromatic rings. The number of ether oxygens (including phenoxy) is 2. The van der Waals surface area contributed by atoms with Gasteiger partial charge in [-0.2, -0.15) is 4.98 Å². The van der Waals surface area contributed by atoms with Crippen LogP contribution in [0.2, 0.25) is 10.3 Å². The van der Waals surface area contributed by atoms with Gasteiger partial charge in [-0.3, -0.25) is 9.80 Å². The number of amides is 2. The fraction of sp³-hybridized carbons (Fsp3) is 0.312. The molecule has 2 amide bonds. The maximum absolute atomic E-state index is 13.0. The number of carbonyl (C=O) groups excluding carboxylic acids is 1. The molecule has 0 saturated heterocycles. The van der Waals surface area contributed by atoms with Gasteiger partial charge in [0, 0.05) is 23.9 Å². The zero-order valence-corrected chi connectivity index (χ0v) is 15.5. The summed E-state index contributed by atoms with van der Waals surface area (Å²) >= 11 is 12.2. The Morgan fingerprint density at radius 2 is 2.04 bits per heavy atom. The van der Waals surface area contributed by atoms with Crippen molar-refractivity contribution in [2.75, 3.05) is 37.2 Å². The lowest BCUT2D eigenvalue weighted by atomic mass is 10.1. The molecule has 1 aromatic heterocycles. The van der Waals surface area contributed by atoms with E-state index in [9.17, 15) is 9.18 Å². The van der Waals surface area contributed by atoms with Crippen molar-refractivity contribution in [1.82, 2.24) is 9.97 Å². The van der Waals surface area contributed by atoms with Gasteiger partial charge in [0.15, 0.2) is 0 Å². The summed E-state index contributed by atoms with van der Waals surface area (Å²) in [6.45, 7) is -0.769. The molecule has 7 nitrogen and oxygen atoms in total. The molecule has 0 aliphatic carbocycles. The number of anilines is 2. The van der Waals surface area contributed by atoms with Crippen LogP contribution in [0.15, 0.2) is 18.3 Å². The maximum Gasteiger partial charge on any atom is 0.330 e. The van der Waals surface area contributed by atoms with Crippen LogP contribution < -0.4 is 19.3 Å². The number of methoxy groups -OCH3 is 2. The van der Waals surface area contributed by atoms with E-state index >= 15 is 0 Å². The van der Waals surface area contributed by atoms with Crippen LogP contribution in [0, 0.1) is 0 Å². The molecule has 0 bridgehead atoms. The highest BCUT2D eigenvalue weighted by Gasteiger charge is 2.34. The van der Waals surface area contributed by atoms with E-state index in [1.807, 2.05) is 0 Å². The lowest BCUT2D eigenvalue weighted by Gasteiger charge is -2.36. The van der Waals surface area contributed by atoms with E-state index in [1.54, 1.807) is 12.1 Å². The molecule has 0 atom stereocenters. The lowest BCUT2D eigenvalue weighted by Crippen LogP contribution is -2.49. The molecule has 0 saturated carbocycles. The van der Waals surface area contributed by atoms with E-state index in [0.717, 1.165) is 0 Å². The Morgan fingerprint density at radius 1 is 1.27 bits per heavy atom. The van der Waals surface area contributed by atoms with E-state index in [2.05, 4.69) is 9.97 Å². The van der Waals surface area contributed by atoms with Crippen LogP contribution >= 0.6 is 23.2 Å². The lowest BCUT2D eigenvalue weighted by molar-refractivity contribution is 0.249. The third kappa shape index (κ3) is 3.22. The number of benzene rings is 1. The molecule has 1 aromatic carbocycles. The van der Waals surface area contributed by atoms with Crippen LogP contribution in [-0.4, -0.2) is 43.4 Å². The summed E-state index contributed by atoms with van der Waals surface area (Å²) in [6.07, 6.45) is 1.50. The number of hydrogen-bond donors (Lipinski definition) is 0. The summed E-state index contributed by atoms with van der Waals surface area (Å²) in [5.74, 6) is 1.10. The molecule has 1 aliphatic rings. The maximum atomic E-state index is 13.0. The number of rotatable bonds is 5. The molecule has 0 fully saturated rings. The second-order valence-corrected chi connectivity index (χ2v) is 6.08. The van der Waals surface area contributed by atoms with Crippen LogP contribution in [0.5, 0.6) is 11.5 Å². The molecule has 10 heteroatoms. The molecule has 0 unspecified atom stereocenters. The van der Waals surface area contributed by atoms with E-state index in [0.29, 0.717) is 22.7 Å². The molecule has 0 radical (unpaired) electrons. The number of nitrogens with zero attached hydrogens (tertiary/aromatic N) is 4. The minimum Gasteiger partial charge on any atom is -0.497 e. The molecule has 3 rings (SSSR count). The number of alkyl halides is 1. The molecule has 0 spiro atoms. The highest BCUT2D eigenvalue weighted by molar-refractivity contribution is 6.35. The summed E-state index contributed by atoms with van der Waals surface area (Å²) < 4.78 is 23.5. The first kappa shape index (κ1) is 18.5. The predicted octanol–water partition coefficient (Wildman–Crippen LogP) is 3.72. The normalized spacial score (nSPS) is 13.7. The fourth-order valence-electron chi connectivity index (χ4n) is 2.69. The number of aromatic nitrogens is 2. The molecule has 26 heavy (non-hydrogen) atoms. The van der Waals surface area contributed by atoms with Gasteiger partial charge in [-0.1, -0.05) is 11.6 Å². The average Bonchev–Trinajstić information content (AvgIpc) is 2.64. The number of hydrogen-bond acceptors (Lipinski definition) is 5. The van der Waals surface area contributed by atoms with Crippen molar-refractivity contribution in [2.45, 2.75) is 6.54 Å². The minimum absolute atomic E-state index is 0.0186. The van der Waals surface area contributed by atoms with Crippen molar-refractivity contribution in [1.29, 1.82) is 0 Å². The Balaban J connectivity index is 2.12. The standard InChI is InChI=1S/C16H15Cl2FN4O3/c1-25-10-5-11(13(17)12(6-10)26-2)23-8-9-7-20-15(18)21-14(9)22(4-3-19)16(23)24/h5-7H,3-4,8H2,1-2H3. The van der Waals surface area contributed by atoms with Gasteiger partial charge in [0.05, 0.1) is 33.0 Å². The van der Waals surface area contributed by atoms with Crippen molar-refractivity contribution in [3.8, 4) is 11.5 Å². The van der Waals surface area contributed by atoms with Gasteiger partial charge in [0.2, 0.25) is 5.28 Å². The fourth-order valence-corrected chi connectivity index (χ4v) is 3.11. The van der Waals surface area contributed by atoms with Crippen molar-refractivity contribution >= 4 is 40.7 Å². The van der Waals surface area contributed by atoms with Crippen LogP contribution in [0.25, 0.3) is 0 Å². The Morgan fingerprint density at radius 3 is 2.69 bits per heavy atom. The zero-order valence-electron chi connectivity index (χ0n) is 14.0. The number of urea groups is 1. The van der Waals surface area contributed by atoms with E-state index in [-0.39, 0.29) is 29.2 Å². The van der Waals surface area contributed by atoms with Gasteiger partial charge in [-0.15, -0.1) is 0 Å². The first-order valence-corrected chi connectivity index (χ1v) is 8.33. The van der Waals surface area contributed by atoms with E-state index < -0.39 is 12.7 Å². The van der Waals surface area contributed by atoms with Crippen LogP contribution in [0.1, 0.15) is 5.56 Å². The average molecular weight is 401 g/mol. The Bertz CT molecular complexity index is 852. The summed E-state index contributed by atoms with van der Waals surface area (Å²) in [4.78, 5) is 23.6. The second-order valence-electron chi connectivity index (χ2n) is 5.36. The smallest absolute Gasteiger partial charge is 0.330 e. The monoisotopic (exact) mass is 400 g/mol. The van der Waals surface area contributed by atoms with Gasteiger partial charge in [0.25, 0.3) is 0 Å². The van der Waals surface area contributed by atoms with Crippen LogP contribution in [0.3, 0.4) is 0 Å². The first-order chi connectivity index (χ1) is 12.5. The third-order valence-corrected chi connectivity index (χ3v) is 4.47.